The zero-order chi connectivity index (χ0) is 17.5. The average molecular weight is 329 g/mol. The molecule has 1 aromatic heterocycles. The van der Waals surface area contributed by atoms with E-state index < -0.39 is 23.8 Å². The van der Waals surface area contributed by atoms with Gasteiger partial charge in [0.15, 0.2) is 5.82 Å². The van der Waals surface area contributed by atoms with Gasteiger partial charge in [0.2, 0.25) is 11.8 Å². The number of amides is 2. The van der Waals surface area contributed by atoms with E-state index in [1.54, 1.807) is 19.4 Å². The van der Waals surface area contributed by atoms with Crippen LogP contribution >= 0.6 is 0 Å². The van der Waals surface area contributed by atoms with E-state index in [1.165, 1.54) is 0 Å². The Labute approximate surface area is 140 Å². The number of anilines is 1. The molecule has 0 fully saturated rings. The summed E-state index contributed by atoms with van der Waals surface area (Å²) in [5.41, 5.74) is 7.11. The van der Waals surface area contributed by atoms with Crippen molar-refractivity contribution in [2.24, 2.45) is 11.7 Å². The molecule has 0 aliphatic rings. The Kier molecular flexibility index (Phi) is 6.08. The molecule has 7 nitrogen and oxygen atoms in total. The summed E-state index contributed by atoms with van der Waals surface area (Å²) in [6.07, 6.45) is 1.19. The molecule has 2 aromatic rings. The highest BCUT2D eigenvalue weighted by Crippen LogP contribution is 2.14. The van der Waals surface area contributed by atoms with Crippen molar-refractivity contribution in [2.75, 3.05) is 5.32 Å². The minimum Gasteiger partial charge on any atom is -0.393 e. The van der Waals surface area contributed by atoms with Crippen LogP contribution in [-0.2, 0) is 16.0 Å². The van der Waals surface area contributed by atoms with Gasteiger partial charge in [-0.3, -0.25) is 14.7 Å². The number of nitrogens with one attached hydrogen (secondary N) is 2. The summed E-state index contributed by atoms with van der Waals surface area (Å²) >= 11 is 0. The smallest absolute Gasteiger partial charge is 0.238 e. The number of benzene rings is 1. The summed E-state index contributed by atoms with van der Waals surface area (Å²) in [6.45, 7) is 1.79. The van der Waals surface area contributed by atoms with E-state index in [2.05, 4.69) is 15.5 Å². The number of carbonyl (C=O) groups excluding carboxylic acids is 2. The number of primary amides is 1. The van der Waals surface area contributed by atoms with Crippen LogP contribution in [0.5, 0.6) is 0 Å². The highest BCUT2D eigenvalue weighted by atomic mass is 16.3. The lowest BCUT2D eigenvalue weighted by Gasteiger charge is -2.16. The molecule has 2 rings (SSSR count). The minimum absolute atomic E-state index is 0.0720. The second-order valence-corrected chi connectivity index (χ2v) is 5.61. The maximum atomic E-state index is 12.2. The first kappa shape index (κ1) is 17.7. The van der Waals surface area contributed by atoms with Gasteiger partial charge in [0.1, 0.15) is 5.92 Å². The fourth-order valence-electron chi connectivity index (χ4n) is 2.27. The fraction of sp³-hybridized carbons (Fsp3) is 0.294. The van der Waals surface area contributed by atoms with E-state index in [4.69, 9.17) is 5.73 Å². The summed E-state index contributed by atoms with van der Waals surface area (Å²) in [5, 5.41) is 19.2. The number of hydrogen-bond donors (Lipinski definition) is 4. The Morgan fingerprint density at radius 2 is 2.08 bits per heavy atom. The highest BCUT2D eigenvalue weighted by molar-refractivity contribution is 6.05. The number of nitrogens with zero attached hydrogens (tertiary/aromatic N) is 1. The van der Waals surface area contributed by atoms with Gasteiger partial charge >= 0.3 is 0 Å². The second kappa shape index (κ2) is 8.26. The van der Waals surface area contributed by atoms with Crippen LogP contribution in [0.1, 0.15) is 17.7 Å². The molecule has 0 saturated carbocycles. The molecule has 0 bridgehead atoms. The summed E-state index contributed by atoms with van der Waals surface area (Å²) in [7, 11) is 0. The average Bonchev–Trinajstić information content (AvgIpc) is 2.96. The number of aliphatic hydroxyl groups is 1. The zero-order valence-corrected chi connectivity index (χ0v) is 13.4. The van der Waals surface area contributed by atoms with E-state index in [9.17, 15) is 14.7 Å². The van der Waals surface area contributed by atoms with Gasteiger partial charge in [-0.15, -0.1) is 0 Å². The molecular formula is C17H21N4O3. The van der Waals surface area contributed by atoms with Crippen molar-refractivity contribution in [1.82, 2.24) is 10.2 Å². The van der Waals surface area contributed by atoms with Crippen molar-refractivity contribution in [3.8, 4) is 0 Å². The SMILES string of the molecule is Cc1cc(NC(=O)[C@H](C[C@@H](O)[CH]Cc2ccccc2)C(N)=O)n[nH]1. The lowest BCUT2D eigenvalue weighted by atomic mass is 9.96. The molecule has 1 radical (unpaired) electrons. The molecule has 127 valence electrons. The number of rotatable bonds is 8. The van der Waals surface area contributed by atoms with Crippen LogP contribution in [0.4, 0.5) is 5.82 Å². The molecule has 0 spiro atoms. The van der Waals surface area contributed by atoms with Crippen LogP contribution in [0.15, 0.2) is 36.4 Å². The second-order valence-electron chi connectivity index (χ2n) is 5.61. The van der Waals surface area contributed by atoms with E-state index in [0.29, 0.717) is 12.2 Å². The number of H-pyrrole nitrogens is 1. The quantitative estimate of drug-likeness (QED) is 0.539. The molecule has 1 aromatic carbocycles. The highest BCUT2D eigenvalue weighted by Gasteiger charge is 2.27. The van der Waals surface area contributed by atoms with Gasteiger partial charge in [-0.25, -0.2) is 0 Å². The molecular weight excluding hydrogens is 308 g/mol. The predicted molar refractivity (Wildman–Crippen MR) is 89.7 cm³/mol. The maximum absolute atomic E-state index is 12.2. The third kappa shape index (κ3) is 5.20. The Morgan fingerprint density at radius 3 is 2.67 bits per heavy atom. The molecule has 0 unspecified atom stereocenters. The van der Waals surface area contributed by atoms with E-state index in [1.807, 2.05) is 30.3 Å². The maximum Gasteiger partial charge on any atom is 0.238 e. The number of aromatic amines is 1. The zero-order valence-electron chi connectivity index (χ0n) is 13.4. The van der Waals surface area contributed by atoms with Crippen molar-refractivity contribution in [2.45, 2.75) is 25.9 Å². The molecule has 5 N–H and O–H groups in total. The molecule has 24 heavy (non-hydrogen) atoms. The topological polar surface area (TPSA) is 121 Å². The monoisotopic (exact) mass is 329 g/mol. The molecule has 0 aliphatic heterocycles. The van der Waals surface area contributed by atoms with Crippen LogP contribution in [-0.4, -0.2) is 33.2 Å². The summed E-state index contributed by atoms with van der Waals surface area (Å²) in [5.74, 6) is -2.19. The van der Waals surface area contributed by atoms with Crippen molar-refractivity contribution in [3.63, 3.8) is 0 Å². The molecule has 2 amide bonds. The Morgan fingerprint density at radius 1 is 1.38 bits per heavy atom. The van der Waals surface area contributed by atoms with E-state index >= 15 is 0 Å². The van der Waals surface area contributed by atoms with Gasteiger partial charge in [0.05, 0.1) is 6.10 Å². The van der Waals surface area contributed by atoms with Crippen LogP contribution < -0.4 is 11.1 Å². The third-order valence-electron chi connectivity index (χ3n) is 3.56. The van der Waals surface area contributed by atoms with Gasteiger partial charge in [-0.1, -0.05) is 30.3 Å². The number of carbonyl (C=O) groups is 2. The molecule has 0 saturated heterocycles. The van der Waals surface area contributed by atoms with Crippen LogP contribution in [0, 0.1) is 19.3 Å². The lowest BCUT2D eigenvalue weighted by molar-refractivity contribution is -0.131. The van der Waals surface area contributed by atoms with Crippen molar-refractivity contribution in [3.05, 3.63) is 54.1 Å². The third-order valence-corrected chi connectivity index (χ3v) is 3.56. The molecule has 2 atom stereocenters. The first-order valence-corrected chi connectivity index (χ1v) is 7.63. The van der Waals surface area contributed by atoms with Gasteiger partial charge in [0.25, 0.3) is 0 Å². The number of aryl methyl sites for hydroxylation is 1. The number of aromatic nitrogens is 2. The Hall–Kier alpha value is -2.67. The first-order valence-electron chi connectivity index (χ1n) is 7.63. The summed E-state index contributed by atoms with van der Waals surface area (Å²) < 4.78 is 0. The van der Waals surface area contributed by atoms with Crippen LogP contribution in [0.25, 0.3) is 0 Å². The number of aliphatic hydroxyl groups excluding tert-OH is 1. The Balaban J connectivity index is 1.89. The molecule has 1 heterocycles. The van der Waals surface area contributed by atoms with Gasteiger partial charge in [-0.05, 0) is 31.7 Å². The van der Waals surface area contributed by atoms with Gasteiger partial charge in [-0.2, -0.15) is 5.10 Å². The van der Waals surface area contributed by atoms with Gasteiger partial charge < -0.3 is 16.2 Å². The van der Waals surface area contributed by atoms with Crippen molar-refractivity contribution in [1.29, 1.82) is 0 Å². The molecule has 7 heteroatoms. The number of nitrogens with two attached hydrogens (primary N) is 1. The van der Waals surface area contributed by atoms with Gasteiger partial charge in [0, 0.05) is 11.8 Å². The van der Waals surface area contributed by atoms with E-state index in [-0.39, 0.29) is 6.42 Å². The standard InChI is InChI=1S/C17H21N4O3/c1-11-9-15(21-20-11)19-17(24)14(16(18)23)10-13(22)8-7-12-5-3-2-4-6-12/h2-6,8-9,13-14,22H,7,10H2,1H3,(H2,18,23)(H2,19,20,21,24)/t13-,14+/m0/s1. The van der Waals surface area contributed by atoms with Crippen molar-refractivity contribution >= 4 is 17.6 Å². The van der Waals surface area contributed by atoms with Crippen LogP contribution in [0.2, 0.25) is 0 Å². The number of hydrogen-bond acceptors (Lipinski definition) is 4. The van der Waals surface area contributed by atoms with Crippen molar-refractivity contribution < 1.29 is 14.7 Å². The predicted octanol–water partition coefficient (Wildman–Crippen LogP) is 0.956. The summed E-state index contributed by atoms with van der Waals surface area (Å²) in [4.78, 5) is 23.7. The summed E-state index contributed by atoms with van der Waals surface area (Å²) in [6, 6.07) is 11.2. The normalized spacial score (nSPS) is 13.2. The molecule has 0 aliphatic carbocycles. The first-order chi connectivity index (χ1) is 11.5. The largest absolute Gasteiger partial charge is 0.393 e. The Bertz CT molecular complexity index is 684. The van der Waals surface area contributed by atoms with Crippen LogP contribution in [0.3, 0.4) is 0 Å². The fourth-order valence-corrected chi connectivity index (χ4v) is 2.27. The minimum atomic E-state index is -1.14. The van der Waals surface area contributed by atoms with E-state index in [0.717, 1.165) is 11.3 Å². The lowest BCUT2D eigenvalue weighted by Crippen LogP contribution is -2.37.